The maximum Gasteiger partial charge on any atom is 0.294 e. The van der Waals surface area contributed by atoms with Crippen molar-refractivity contribution >= 4 is 21.7 Å². The number of amides is 1. The third-order valence-electron chi connectivity index (χ3n) is 2.11. The zero-order valence-electron chi connectivity index (χ0n) is 9.23. The summed E-state index contributed by atoms with van der Waals surface area (Å²) in [6.45, 7) is 4.57. The molecule has 1 aromatic carbocycles. The molecule has 0 bridgehead atoms. The number of rotatable bonds is 2. The minimum Gasteiger partial charge on any atom is -0.326 e. The zero-order chi connectivity index (χ0) is 12.5. The Morgan fingerprint density at radius 1 is 1.25 bits per heavy atom. The molecule has 88 valence electrons. The van der Waals surface area contributed by atoms with Crippen LogP contribution < -0.4 is 5.32 Å². The molecule has 0 unspecified atom stereocenters. The molecule has 1 aromatic rings. The molecule has 0 heterocycles. The molecule has 1 rings (SSSR count). The smallest absolute Gasteiger partial charge is 0.294 e. The molecule has 5 nitrogen and oxygen atoms in total. The van der Waals surface area contributed by atoms with Crippen LogP contribution in [0.5, 0.6) is 0 Å². The quantitative estimate of drug-likeness (QED) is 0.771. The van der Waals surface area contributed by atoms with Crippen LogP contribution in [0, 0.1) is 13.8 Å². The summed E-state index contributed by atoms with van der Waals surface area (Å²) < 4.78 is 31.0. The van der Waals surface area contributed by atoms with Crippen molar-refractivity contribution in [1.82, 2.24) is 0 Å². The molecule has 0 radical (unpaired) electrons. The number of hydrogen-bond acceptors (Lipinski definition) is 3. The predicted molar refractivity (Wildman–Crippen MR) is 60.0 cm³/mol. The summed E-state index contributed by atoms with van der Waals surface area (Å²) in [5, 5.41) is 2.58. The molecule has 0 fully saturated rings. The van der Waals surface area contributed by atoms with Gasteiger partial charge in [0.05, 0.1) is 4.90 Å². The predicted octanol–water partition coefficient (Wildman–Crippen LogP) is 1.51. The molecule has 2 N–H and O–H groups in total. The Morgan fingerprint density at radius 2 is 1.81 bits per heavy atom. The van der Waals surface area contributed by atoms with E-state index in [9.17, 15) is 13.2 Å². The van der Waals surface area contributed by atoms with Crippen LogP contribution in [0.3, 0.4) is 0 Å². The lowest BCUT2D eigenvalue weighted by atomic mass is 10.1. The fourth-order valence-electron chi connectivity index (χ4n) is 1.39. The average molecular weight is 243 g/mol. The molecular weight excluding hydrogens is 230 g/mol. The minimum absolute atomic E-state index is 0.140. The summed E-state index contributed by atoms with van der Waals surface area (Å²) >= 11 is 0. The second-order valence-electron chi connectivity index (χ2n) is 3.59. The van der Waals surface area contributed by atoms with Crippen molar-refractivity contribution in [3.8, 4) is 0 Å². The Morgan fingerprint density at radius 3 is 2.25 bits per heavy atom. The number of benzene rings is 1. The van der Waals surface area contributed by atoms with Gasteiger partial charge < -0.3 is 5.32 Å². The summed E-state index contributed by atoms with van der Waals surface area (Å²) in [4.78, 5) is 10.7. The summed E-state index contributed by atoms with van der Waals surface area (Å²) in [7, 11) is -4.21. The molecule has 0 aliphatic carbocycles. The molecule has 1 amide bonds. The molecule has 0 spiro atoms. The van der Waals surface area contributed by atoms with Crippen molar-refractivity contribution in [2.24, 2.45) is 0 Å². The molecule has 0 aromatic heterocycles. The number of aryl methyl sites for hydroxylation is 2. The van der Waals surface area contributed by atoms with Crippen molar-refractivity contribution < 1.29 is 17.8 Å². The molecular formula is C10H13NO4S. The number of carbonyl (C=O) groups is 1. The van der Waals surface area contributed by atoms with Crippen LogP contribution in [0.15, 0.2) is 17.0 Å². The Bertz CT molecular complexity index is 534. The molecule has 0 saturated carbocycles. The number of nitrogens with one attached hydrogen (secondary N) is 1. The lowest BCUT2D eigenvalue weighted by Gasteiger charge is -2.10. The number of carbonyl (C=O) groups excluding carboxylic acids is 1. The van der Waals surface area contributed by atoms with Crippen LogP contribution in [0.4, 0.5) is 5.69 Å². The molecule has 0 aliphatic heterocycles. The normalized spacial score (nSPS) is 11.2. The van der Waals surface area contributed by atoms with Gasteiger partial charge in [-0.05, 0) is 37.1 Å². The maximum atomic E-state index is 11.0. The van der Waals surface area contributed by atoms with Crippen LogP contribution >= 0.6 is 0 Å². The van der Waals surface area contributed by atoms with E-state index in [1.807, 2.05) is 0 Å². The van der Waals surface area contributed by atoms with Gasteiger partial charge in [0.2, 0.25) is 5.91 Å². The highest BCUT2D eigenvalue weighted by Crippen LogP contribution is 2.23. The second kappa shape index (κ2) is 4.23. The lowest BCUT2D eigenvalue weighted by molar-refractivity contribution is -0.114. The first-order valence-electron chi connectivity index (χ1n) is 4.58. The summed E-state index contributed by atoms with van der Waals surface area (Å²) in [5.41, 5.74) is 1.50. The zero-order valence-corrected chi connectivity index (χ0v) is 10.1. The summed E-state index contributed by atoms with van der Waals surface area (Å²) in [5.74, 6) is -0.234. The SMILES string of the molecule is CC(=O)Nc1cc(C)c(S(=O)(=O)O)cc1C. The fourth-order valence-corrected chi connectivity index (χ4v) is 2.18. The number of hydrogen-bond donors (Lipinski definition) is 2. The van der Waals surface area contributed by atoms with Gasteiger partial charge in [0.25, 0.3) is 10.1 Å². The van der Waals surface area contributed by atoms with Crippen LogP contribution in [0.25, 0.3) is 0 Å². The van der Waals surface area contributed by atoms with Gasteiger partial charge in [-0.3, -0.25) is 9.35 Å². The van der Waals surface area contributed by atoms with Crippen LogP contribution in [0.2, 0.25) is 0 Å². The van der Waals surface area contributed by atoms with E-state index in [2.05, 4.69) is 5.32 Å². The van der Waals surface area contributed by atoms with E-state index in [1.165, 1.54) is 19.1 Å². The Hall–Kier alpha value is -1.40. The third-order valence-corrected chi connectivity index (χ3v) is 3.11. The topological polar surface area (TPSA) is 83.5 Å². The average Bonchev–Trinajstić information content (AvgIpc) is 2.07. The molecule has 0 saturated heterocycles. The molecule has 0 atom stereocenters. The Labute approximate surface area is 94.2 Å². The van der Waals surface area contributed by atoms with Gasteiger partial charge in [-0.2, -0.15) is 8.42 Å². The second-order valence-corrected chi connectivity index (χ2v) is 4.98. The van der Waals surface area contributed by atoms with E-state index in [-0.39, 0.29) is 10.8 Å². The highest BCUT2D eigenvalue weighted by Gasteiger charge is 2.15. The van der Waals surface area contributed by atoms with Crippen molar-refractivity contribution in [3.63, 3.8) is 0 Å². The molecule has 16 heavy (non-hydrogen) atoms. The fraction of sp³-hybridized carbons (Fsp3) is 0.300. The summed E-state index contributed by atoms with van der Waals surface area (Å²) in [6, 6.07) is 2.84. The monoisotopic (exact) mass is 243 g/mol. The van der Waals surface area contributed by atoms with Crippen LogP contribution in [-0.4, -0.2) is 18.9 Å². The standard InChI is InChI=1S/C10H13NO4S/c1-6-5-10(16(13,14)15)7(2)4-9(6)11-8(3)12/h4-5H,1-3H3,(H,11,12)(H,13,14,15). The van der Waals surface area contributed by atoms with Gasteiger partial charge in [-0.25, -0.2) is 0 Å². The highest BCUT2D eigenvalue weighted by atomic mass is 32.2. The lowest BCUT2D eigenvalue weighted by Crippen LogP contribution is -2.09. The van der Waals surface area contributed by atoms with E-state index in [1.54, 1.807) is 13.8 Å². The number of anilines is 1. The van der Waals surface area contributed by atoms with Crippen LogP contribution in [0.1, 0.15) is 18.1 Å². The maximum absolute atomic E-state index is 11.0. The van der Waals surface area contributed by atoms with E-state index in [0.29, 0.717) is 16.8 Å². The van der Waals surface area contributed by atoms with Crippen molar-refractivity contribution in [3.05, 3.63) is 23.3 Å². The van der Waals surface area contributed by atoms with Gasteiger partial charge in [0.1, 0.15) is 0 Å². The van der Waals surface area contributed by atoms with Gasteiger partial charge in [0, 0.05) is 12.6 Å². The Kier molecular flexibility index (Phi) is 3.35. The minimum atomic E-state index is -4.21. The van der Waals surface area contributed by atoms with Crippen molar-refractivity contribution in [2.45, 2.75) is 25.7 Å². The molecule has 0 aliphatic rings. The first-order chi connectivity index (χ1) is 7.21. The van der Waals surface area contributed by atoms with Gasteiger partial charge in [0.15, 0.2) is 0 Å². The van der Waals surface area contributed by atoms with Crippen LogP contribution in [-0.2, 0) is 14.9 Å². The van der Waals surface area contributed by atoms with Crippen molar-refractivity contribution in [2.75, 3.05) is 5.32 Å². The van der Waals surface area contributed by atoms with E-state index < -0.39 is 10.1 Å². The van der Waals surface area contributed by atoms with Gasteiger partial charge >= 0.3 is 0 Å². The highest BCUT2D eigenvalue weighted by molar-refractivity contribution is 7.85. The van der Waals surface area contributed by atoms with E-state index in [4.69, 9.17) is 4.55 Å². The summed E-state index contributed by atoms with van der Waals surface area (Å²) in [6.07, 6.45) is 0. The Balaban J connectivity index is 3.33. The largest absolute Gasteiger partial charge is 0.326 e. The molecule has 6 heteroatoms. The van der Waals surface area contributed by atoms with Crippen molar-refractivity contribution in [1.29, 1.82) is 0 Å². The first kappa shape index (κ1) is 12.7. The van der Waals surface area contributed by atoms with Gasteiger partial charge in [-0.1, -0.05) is 0 Å². The third kappa shape index (κ3) is 2.80. The van der Waals surface area contributed by atoms with E-state index in [0.717, 1.165) is 0 Å². The van der Waals surface area contributed by atoms with E-state index >= 15 is 0 Å². The van der Waals surface area contributed by atoms with Gasteiger partial charge in [-0.15, -0.1) is 0 Å². The first-order valence-corrected chi connectivity index (χ1v) is 6.02.